The van der Waals surface area contributed by atoms with Crippen LogP contribution < -0.4 is 15.4 Å². The van der Waals surface area contributed by atoms with Crippen molar-refractivity contribution in [3.63, 3.8) is 0 Å². The van der Waals surface area contributed by atoms with Gasteiger partial charge in [-0.2, -0.15) is 24.7 Å². The van der Waals surface area contributed by atoms with Crippen LogP contribution in [0.1, 0.15) is 30.9 Å². The first-order valence-electron chi connectivity index (χ1n) is 12.3. The number of hydrogen-bond acceptors (Lipinski definition) is 9. The Labute approximate surface area is 214 Å². The second-order valence-corrected chi connectivity index (χ2v) is 9.19. The van der Waals surface area contributed by atoms with Crippen molar-refractivity contribution >= 4 is 17.7 Å². The number of ether oxygens (including phenoxy) is 2. The zero-order valence-corrected chi connectivity index (χ0v) is 21.2. The highest BCUT2D eigenvalue weighted by atomic mass is 16.6. The fraction of sp³-hybridized carbons (Fsp3) is 0.400. The van der Waals surface area contributed by atoms with Gasteiger partial charge in [0.15, 0.2) is 5.65 Å². The van der Waals surface area contributed by atoms with E-state index in [0.29, 0.717) is 37.8 Å². The van der Waals surface area contributed by atoms with Crippen LogP contribution in [-0.4, -0.2) is 79.7 Å². The van der Waals surface area contributed by atoms with Crippen molar-refractivity contribution in [1.82, 2.24) is 39.6 Å². The van der Waals surface area contributed by atoms with Crippen LogP contribution in [0.15, 0.2) is 48.9 Å². The molecule has 0 spiro atoms. The van der Waals surface area contributed by atoms with Crippen LogP contribution in [-0.2, 0) is 11.3 Å². The normalized spacial score (nSPS) is 13.5. The topological polar surface area (TPSA) is 124 Å². The predicted octanol–water partition coefficient (Wildman–Crippen LogP) is 2.46. The lowest BCUT2D eigenvalue weighted by molar-refractivity contribution is 0.0416. The van der Waals surface area contributed by atoms with Gasteiger partial charge in [-0.15, -0.1) is 0 Å². The lowest BCUT2D eigenvalue weighted by atomic mass is 10.1. The van der Waals surface area contributed by atoms with Crippen molar-refractivity contribution in [1.29, 1.82) is 0 Å². The molecule has 37 heavy (non-hydrogen) atoms. The van der Waals surface area contributed by atoms with E-state index >= 15 is 0 Å². The number of carbonyl (C=O) groups excluding carboxylic acids is 1. The number of amides is 1. The van der Waals surface area contributed by atoms with Gasteiger partial charge in [0.2, 0.25) is 5.95 Å². The number of aromatic nitrogens is 6. The van der Waals surface area contributed by atoms with E-state index in [0.717, 1.165) is 16.8 Å². The largest absolute Gasteiger partial charge is 0.461 e. The molecular weight excluding hydrogens is 474 g/mol. The summed E-state index contributed by atoms with van der Waals surface area (Å²) in [6.07, 6.45) is 5.03. The Bertz CT molecular complexity index is 1350. The summed E-state index contributed by atoms with van der Waals surface area (Å²) in [5, 5.41) is 15.3. The second kappa shape index (κ2) is 10.8. The molecule has 12 nitrogen and oxygen atoms in total. The first kappa shape index (κ1) is 24.5. The lowest BCUT2D eigenvalue weighted by Gasteiger charge is -2.28. The molecule has 1 aliphatic rings. The maximum absolute atomic E-state index is 12.2. The fourth-order valence-electron chi connectivity index (χ4n) is 3.87. The predicted molar refractivity (Wildman–Crippen MR) is 137 cm³/mol. The van der Waals surface area contributed by atoms with Crippen LogP contribution in [0.4, 0.5) is 10.7 Å². The number of benzene rings is 1. The van der Waals surface area contributed by atoms with Crippen LogP contribution >= 0.6 is 0 Å². The van der Waals surface area contributed by atoms with Crippen molar-refractivity contribution < 1.29 is 14.3 Å². The highest BCUT2D eigenvalue weighted by molar-refractivity contribution is 5.67. The molecule has 0 aliphatic carbocycles. The minimum absolute atomic E-state index is 0.0648. The number of anilines is 1. The number of carbonyl (C=O) groups is 1. The van der Waals surface area contributed by atoms with Crippen LogP contribution in [0.3, 0.4) is 0 Å². The first-order valence-corrected chi connectivity index (χ1v) is 12.3. The Morgan fingerprint density at radius 3 is 2.78 bits per heavy atom. The van der Waals surface area contributed by atoms with Crippen molar-refractivity contribution in [3.8, 4) is 11.7 Å². The van der Waals surface area contributed by atoms with Crippen molar-refractivity contribution in [3.05, 3.63) is 60.0 Å². The molecule has 1 aliphatic heterocycles. The molecule has 1 amide bonds. The van der Waals surface area contributed by atoms with E-state index in [1.807, 2.05) is 41.2 Å². The second-order valence-electron chi connectivity index (χ2n) is 9.19. The Kier molecular flexibility index (Phi) is 7.17. The van der Waals surface area contributed by atoms with Crippen LogP contribution in [0.2, 0.25) is 0 Å². The molecule has 0 saturated carbocycles. The summed E-state index contributed by atoms with van der Waals surface area (Å²) >= 11 is 0. The van der Waals surface area contributed by atoms with Gasteiger partial charge in [0.25, 0.3) is 0 Å². The number of para-hydroxylation sites is 1. The molecule has 2 N–H and O–H groups in total. The zero-order chi connectivity index (χ0) is 25.8. The molecule has 0 unspecified atom stereocenters. The number of nitrogens with one attached hydrogen (secondary N) is 2. The standard InChI is InChI=1S/C25H31N9O3/c1-17(2)20-16-29-34-22(20)30-24(36-12-11-32(3)25(35)37-19-14-26-15-19)31-23(34)27-13-18-7-4-5-8-21(18)33-10-6-9-28-33/h4-10,16-17,19,26H,11-15H2,1-3H3,(H,27,30,31). The third-order valence-corrected chi connectivity index (χ3v) is 6.16. The maximum Gasteiger partial charge on any atom is 0.409 e. The van der Waals surface area contributed by atoms with Gasteiger partial charge in [0.1, 0.15) is 12.7 Å². The van der Waals surface area contributed by atoms with Crippen molar-refractivity contribution in [2.24, 2.45) is 0 Å². The molecule has 5 rings (SSSR count). The molecule has 3 aromatic heterocycles. The summed E-state index contributed by atoms with van der Waals surface area (Å²) in [4.78, 5) is 22.9. The molecule has 194 valence electrons. The van der Waals surface area contributed by atoms with E-state index in [4.69, 9.17) is 9.47 Å². The highest BCUT2D eigenvalue weighted by Crippen LogP contribution is 2.23. The van der Waals surface area contributed by atoms with Gasteiger partial charge in [-0.3, -0.25) is 0 Å². The van der Waals surface area contributed by atoms with Gasteiger partial charge in [-0.25, -0.2) is 9.48 Å². The SMILES string of the molecule is CC(C)c1cnn2c(NCc3ccccc3-n3cccn3)nc(OCCN(C)C(=O)OC3CNC3)nc12. The molecule has 1 fully saturated rings. The van der Waals surface area contributed by atoms with Crippen LogP contribution in [0, 0.1) is 0 Å². The summed E-state index contributed by atoms with van der Waals surface area (Å²) in [6.45, 7) is 6.60. The van der Waals surface area contributed by atoms with E-state index in [1.165, 1.54) is 4.90 Å². The van der Waals surface area contributed by atoms with Gasteiger partial charge in [-0.05, 0) is 23.6 Å². The van der Waals surface area contributed by atoms with E-state index in [9.17, 15) is 4.79 Å². The van der Waals surface area contributed by atoms with Crippen LogP contribution in [0.25, 0.3) is 11.3 Å². The Morgan fingerprint density at radius 1 is 1.22 bits per heavy atom. The summed E-state index contributed by atoms with van der Waals surface area (Å²) in [6, 6.07) is 10.1. The maximum atomic E-state index is 12.2. The molecule has 0 bridgehead atoms. The summed E-state index contributed by atoms with van der Waals surface area (Å²) < 4.78 is 14.8. The number of hydrogen-bond donors (Lipinski definition) is 2. The molecule has 1 saturated heterocycles. The van der Waals surface area contributed by atoms with Gasteiger partial charge >= 0.3 is 12.1 Å². The lowest BCUT2D eigenvalue weighted by Crippen LogP contribution is -2.51. The fourth-order valence-corrected chi connectivity index (χ4v) is 3.87. The smallest absolute Gasteiger partial charge is 0.409 e. The van der Waals surface area contributed by atoms with Gasteiger partial charge in [-0.1, -0.05) is 32.0 Å². The monoisotopic (exact) mass is 505 g/mol. The molecule has 1 aromatic carbocycles. The molecule has 0 atom stereocenters. The molecule has 12 heteroatoms. The quantitative estimate of drug-likeness (QED) is 0.334. The molecular formula is C25H31N9O3. The minimum atomic E-state index is -0.373. The number of nitrogens with zero attached hydrogens (tertiary/aromatic N) is 7. The zero-order valence-electron chi connectivity index (χ0n) is 21.2. The highest BCUT2D eigenvalue weighted by Gasteiger charge is 2.23. The Balaban J connectivity index is 1.32. The summed E-state index contributed by atoms with van der Waals surface area (Å²) in [7, 11) is 1.68. The van der Waals surface area contributed by atoms with Gasteiger partial charge in [0.05, 0.1) is 18.4 Å². The molecule has 0 radical (unpaired) electrons. The first-order chi connectivity index (χ1) is 18.0. The van der Waals surface area contributed by atoms with Gasteiger partial charge in [0, 0.05) is 44.6 Å². The van der Waals surface area contributed by atoms with E-state index in [2.05, 4.69) is 44.6 Å². The van der Waals surface area contributed by atoms with Crippen molar-refractivity contribution in [2.75, 3.05) is 38.6 Å². The Hall–Kier alpha value is -4.19. The van der Waals surface area contributed by atoms with E-state index in [1.54, 1.807) is 24.0 Å². The summed E-state index contributed by atoms with van der Waals surface area (Å²) in [5.74, 6) is 0.725. The number of likely N-dealkylation sites (N-methyl/N-ethyl adjacent to an activating group) is 1. The number of fused-ring (bicyclic) bond motifs is 1. The van der Waals surface area contributed by atoms with E-state index in [-0.39, 0.29) is 30.7 Å². The number of rotatable bonds is 10. The van der Waals surface area contributed by atoms with Gasteiger partial charge < -0.3 is 25.0 Å². The third kappa shape index (κ3) is 5.48. The average molecular weight is 506 g/mol. The Morgan fingerprint density at radius 2 is 2.05 bits per heavy atom. The van der Waals surface area contributed by atoms with Crippen molar-refractivity contribution in [2.45, 2.75) is 32.4 Å². The van der Waals surface area contributed by atoms with Crippen LogP contribution in [0.5, 0.6) is 6.01 Å². The summed E-state index contributed by atoms with van der Waals surface area (Å²) in [5.41, 5.74) is 3.67. The third-order valence-electron chi connectivity index (χ3n) is 6.16. The molecule has 4 aromatic rings. The average Bonchev–Trinajstić information content (AvgIpc) is 3.55. The molecule has 4 heterocycles. The van der Waals surface area contributed by atoms with E-state index < -0.39 is 0 Å². The minimum Gasteiger partial charge on any atom is -0.461 e.